The fraction of sp³-hybridized carbons (Fsp3) is 0.217. The molecule has 0 saturated carbocycles. The van der Waals surface area contributed by atoms with Gasteiger partial charge >= 0.3 is 6.61 Å². The number of halogens is 2. The molecule has 0 saturated heterocycles. The fourth-order valence-corrected chi connectivity index (χ4v) is 4.58. The van der Waals surface area contributed by atoms with Crippen LogP contribution in [0, 0.1) is 0 Å². The van der Waals surface area contributed by atoms with Gasteiger partial charge < -0.3 is 14.2 Å². The summed E-state index contributed by atoms with van der Waals surface area (Å²) in [4.78, 5) is 0.0281. The van der Waals surface area contributed by atoms with E-state index in [0.717, 1.165) is 0 Å². The molecule has 1 unspecified atom stereocenters. The smallest absolute Gasteiger partial charge is 0.387 e. The van der Waals surface area contributed by atoms with Crippen molar-refractivity contribution >= 4 is 10.0 Å². The lowest BCUT2D eigenvalue weighted by molar-refractivity contribution is -0.0498. The minimum atomic E-state index is -3.97. The van der Waals surface area contributed by atoms with Crippen molar-refractivity contribution in [2.24, 2.45) is 0 Å². The Balaban J connectivity index is 1.66. The van der Waals surface area contributed by atoms with Crippen molar-refractivity contribution in [3.05, 3.63) is 83.9 Å². The molecule has 0 fully saturated rings. The van der Waals surface area contributed by atoms with Gasteiger partial charge in [0.15, 0.2) is 11.5 Å². The maximum atomic E-state index is 13.2. The second kappa shape index (κ2) is 9.54. The first-order chi connectivity index (χ1) is 15.4. The number of benzene rings is 3. The molecule has 0 spiro atoms. The van der Waals surface area contributed by atoms with Crippen LogP contribution in [0.3, 0.4) is 0 Å². The van der Waals surface area contributed by atoms with E-state index in [0.29, 0.717) is 42.3 Å². The van der Waals surface area contributed by atoms with Crippen LogP contribution in [0.1, 0.15) is 23.6 Å². The monoisotopic (exact) mass is 461 g/mol. The van der Waals surface area contributed by atoms with Gasteiger partial charge in [-0.2, -0.15) is 13.5 Å². The molecule has 0 aromatic heterocycles. The summed E-state index contributed by atoms with van der Waals surface area (Å²) >= 11 is 0. The zero-order valence-corrected chi connectivity index (χ0v) is 17.7. The molecule has 168 valence electrons. The molecule has 9 heteroatoms. The minimum absolute atomic E-state index is 0.0127. The van der Waals surface area contributed by atoms with Crippen molar-refractivity contribution in [1.29, 1.82) is 0 Å². The van der Waals surface area contributed by atoms with Crippen LogP contribution in [-0.2, 0) is 10.0 Å². The van der Waals surface area contributed by atoms with Gasteiger partial charge in [0.25, 0.3) is 0 Å². The predicted molar refractivity (Wildman–Crippen MR) is 114 cm³/mol. The Bertz CT molecular complexity index is 1150. The molecule has 1 aliphatic heterocycles. The number of sulfonamides is 1. The van der Waals surface area contributed by atoms with Crippen LogP contribution in [-0.4, -0.2) is 28.2 Å². The first kappa shape index (κ1) is 22.0. The van der Waals surface area contributed by atoms with Gasteiger partial charge in [-0.1, -0.05) is 42.5 Å². The number of fused-ring (bicyclic) bond motifs is 1. The standard InChI is InChI=1S/C23H21F2NO5S/c24-23(25)31-18-9-7-17(8-10-18)22(16-5-2-1-3-6-16)26-32(27,28)19-11-12-20-21(15-19)30-14-4-13-29-20/h1-3,5-12,15,22-23,26H,4,13-14H2. The molecular formula is C23H21F2NO5S. The van der Waals surface area contributed by atoms with Gasteiger partial charge in [0.1, 0.15) is 5.75 Å². The van der Waals surface area contributed by atoms with Gasteiger partial charge in [-0.25, -0.2) is 8.42 Å². The van der Waals surface area contributed by atoms with Crippen molar-refractivity contribution in [2.75, 3.05) is 13.2 Å². The summed E-state index contributed by atoms with van der Waals surface area (Å²) in [6.45, 7) is -2.01. The molecule has 3 aromatic carbocycles. The van der Waals surface area contributed by atoms with Gasteiger partial charge in [-0.15, -0.1) is 0 Å². The SMILES string of the molecule is O=S(=O)(NC(c1ccccc1)c1ccc(OC(F)F)cc1)c1ccc2c(c1)OCCCO2. The van der Waals surface area contributed by atoms with Crippen molar-refractivity contribution in [3.63, 3.8) is 0 Å². The Labute approximate surface area is 184 Å². The molecule has 0 radical (unpaired) electrons. The number of hydrogen-bond donors (Lipinski definition) is 1. The van der Waals surface area contributed by atoms with E-state index in [1.165, 1.54) is 24.3 Å². The average molecular weight is 461 g/mol. The van der Waals surface area contributed by atoms with Gasteiger partial charge in [0.05, 0.1) is 24.2 Å². The molecule has 4 rings (SSSR count). The fourth-order valence-electron chi connectivity index (χ4n) is 3.35. The Hall–Kier alpha value is -3.17. The Morgan fingerprint density at radius 3 is 2.19 bits per heavy atom. The molecular weight excluding hydrogens is 440 g/mol. The molecule has 6 nitrogen and oxygen atoms in total. The van der Waals surface area contributed by atoms with E-state index in [9.17, 15) is 17.2 Å². The average Bonchev–Trinajstić information content (AvgIpc) is 3.03. The molecule has 0 bridgehead atoms. The van der Waals surface area contributed by atoms with E-state index in [-0.39, 0.29) is 10.6 Å². The molecule has 1 aliphatic rings. The third kappa shape index (κ3) is 5.17. The van der Waals surface area contributed by atoms with E-state index < -0.39 is 22.7 Å². The lowest BCUT2D eigenvalue weighted by Gasteiger charge is -2.21. The van der Waals surface area contributed by atoms with Crippen LogP contribution in [0.2, 0.25) is 0 Å². The maximum absolute atomic E-state index is 13.2. The Kier molecular flexibility index (Phi) is 6.57. The second-order valence-corrected chi connectivity index (χ2v) is 8.79. The summed E-state index contributed by atoms with van der Waals surface area (Å²) in [5, 5.41) is 0. The molecule has 0 amide bonds. The quantitative estimate of drug-likeness (QED) is 0.560. The van der Waals surface area contributed by atoms with Crippen LogP contribution < -0.4 is 18.9 Å². The highest BCUT2D eigenvalue weighted by Gasteiger charge is 2.25. The van der Waals surface area contributed by atoms with Crippen LogP contribution in [0.15, 0.2) is 77.7 Å². The number of rotatable bonds is 7. The zero-order valence-electron chi connectivity index (χ0n) is 16.9. The summed E-state index contributed by atoms with van der Waals surface area (Å²) < 4.78 is 69.7. The molecule has 0 aliphatic carbocycles. The highest BCUT2D eigenvalue weighted by Crippen LogP contribution is 2.33. The largest absolute Gasteiger partial charge is 0.490 e. The van der Waals surface area contributed by atoms with Crippen molar-refractivity contribution in [3.8, 4) is 17.2 Å². The van der Waals surface area contributed by atoms with Gasteiger partial charge in [-0.3, -0.25) is 0 Å². The molecule has 1 atom stereocenters. The summed E-state index contributed by atoms with van der Waals surface area (Å²) in [6.07, 6.45) is 0.705. The maximum Gasteiger partial charge on any atom is 0.387 e. The Morgan fingerprint density at radius 2 is 1.50 bits per heavy atom. The predicted octanol–water partition coefficient (Wildman–Crippen LogP) is 4.52. The highest BCUT2D eigenvalue weighted by atomic mass is 32.2. The third-order valence-corrected chi connectivity index (χ3v) is 6.29. The topological polar surface area (TPSA) is 73.9 Å². The van der Waals surface area contributed by atoms with E-state index in [4.69, 9.17) is 9.47 Å². The van der Waals surface area contributed by atoms with E-state index in [2.05, 4.69) is 9.46 Å². The lowest BCUT2D eigenvalue weighted by atomic mass is 10.00. The molecule has 3 aromatic rings. The van der Waals surface area contributed by atoms with Gasteiger partial charge in [0, 0.05) is 12.5 Å². The lowest BCUT2D eigenvalue weighted by Crippen LogP contribution is -2.29. The van der Waals surface area contributed by atoms with Gasteiger partial charge in [0.2, 0.25) is 10.0 Å². The summed E-state index contributed by atoms with van der Waals surface area (Å²) in [5.74, 6) is 0.854. The number of ether oxygens (including phenoxy) is 3. The second-order valence-electron chi connectivity index (χ2n) is 7.07. The van der Waals surface area contributed by atoms with Crippen molar-refractivity contribution in [1.82, 2.24) is 4.72 Å². The van der Waals surface area contributed by atoms with Crippen LogP contribution in [0.5, 0.6) is 17.2 Å². The van der Waals surface area contributed by atoms with Gasteiger partial charge in [-0.05, 0) is 35.4 Å². The molecule has 32 heavy (non-hydrogen) atoms. The summed E-state index contributed by atoms with van der Waals surface area (Å²) in [7, 11) is -3.97. The minimum Gasteiger partial charge on any atom is -0.490 e. The first-order valence-electron chi connectivity index (χ1n) is 9.94. The first-order valence-corrected chi connectivity index (χ1v) is 11.4. The number of alkyl halides is 2. The van der Waals surface area contributed by atoms with E-state index >= 15 is 0 Å². The highest BCUT2D eigenvalue weighted by molar-refractivity contribution is 7.89. The van der Waals surface area contributed by atoms with Crippen LogP contribution in [0.4, 0.5) is 8.78 Å². The number of nitrogens with one attached hydrogen (secondary N) is 1. The van der Waals surface area contributed by atoms with E-state index in [1.807, 2.05) is 6.07 Å². The van der Waals surface area contributed by atoms with Crippen LogP contribution >= 0.6 is 0 Å². The molecule has 1 heterocycles. The number of hydrogen-bond acceptors (Lipinski definition) is 5. The zero-order chi connectivity index (χ0) is 22.6. The Morgan fingerprint density at radius 1 is 0.844 bits per heavy atom. The van der Waals surface area contributed by atoms with Crippen molar-refractivity contribution in [2.45, 2.75) is 24.0 Å². The summed E-state index contributed by atoms with van der Waals surface area (Å²) in [6, 6.07) is 18.5. The van der Waals surface area contributed by atoms with E-state index in [1.54, 1.807) is 42.5 Å². The third-order valence-electron chi connectivity index (χ3n) is 4.87. The van der Waals surface area contributed by atoms with Crippen molar-refractivity contribution < 1.29 is 31.4 Å². The molecule has 1 N–H and O–H groups in total. The van der Waals surface area contributed by atoms with Crippen LogP contribution in [0.25, 0.3) is 0 Å². The normalized spacial score (nSPS) is 14.6. The summed E-state index contributed by atoms with van der Waals surface area (Å²) in [5.41, 5.74) is 1.25.